The maximum Gasteiger partial charge on any atom is 0.267 e. The van der Waals surface area contributed by atoms with Crippen LogP contribution in [0.4, 0.5) is 5.69 Å². The van der Waals surface area contributed by atoms with Gasteiger partial charge in [0.2, 0.25) is 5.91 Å². The summed E-state index contributed by atoms with van der Waals surface area (Å²) in [7, 11) is 0. The van der Waals surface area contributed by atoms with E-state index in [9.17, 15) is 9.59 Å². The average Bonchev–Trinajstić information content (AvgIpc) is 3.55. The molecule has 0 radical (unpaired) electrons. The van der Waals surface area contributed by atoms with Gasteiger partial charge in [0, 0.05) is 5.69 Å². The summed E-state index contributed by atoms with van der Waals surface area (Å²) >= 11 is 2.83. The Morgan fingerprint density at radius 1 is 1.18 bits per heavy atom. The molecule has 1 atom stereocenters. The van der Waals surface area contributed by atoms with Gasteiger partial charge in [-0.25, -0.2) is 4.98 Å². The first kappa shape index (κ1) is 21.9. The van der Waals surface area contributed by atoms with Gasteiger partial charge in [0.15, 0.2) is 5.16 Å². The number of carbonyl (C=O) groups is 1. The van der Waals surface area contributed by atoms with Crippen molar-refractivity contribution in [3.63, 3.8) is 0 Å². The third-order valence-electron chi connectivity index (χ3n) is 5.93. The van der Waals surface area contributed by atoms with Crippen molar-refractivity contribution in [2.24, 2.45) is 0 Å². The molecule has 4 aromatic rings. The van der Waals surface area contributed by atoms with Crippen molar-refractivity contribution < 1.29 is 4.79 Å². The van der Waals surface area contributed by atoms with Crippen LogP contribution in [0, 0.1) is 13.8 Å². The predicted octanol–water partition coefficient (Wildman–Crippen LogP) is 6.06. The molecule has 1 amide bonds. The third-order valence-corrected chi connectivity index (χ3v) is 7.87. The van der Waals surface area contributed by atoms with Crippen LogP contribution in [0.1, 0.15) is 42.4 Å². The highest BCUT2D eigenvalue weighted by molar-refractivity contribution is 8.00. The van der Waals surface area contributed by atoms with Gasteiger partial charge in [0.1, 0.15) is 4.83 Å². The summed E-state index contributed by atoms with van der Waals surface area (Å²) < 4.78 is 1.66. The molecule has 5 nitrogen and oxygen atoms in total. The number of thioether (sulfide) groups is 1. The number of anilines is 1. The third kappa shape index (κ3) is 4.35. The largest absolute Gasteiger partial charge is 0.325 e. The van der Waals surface area contributed by atoms with E-state index in [4.69, 9.17) is 4.98 Å². The smallest absolute Gasteiger partial charge is 0.267 e. The molecule has 1 aliphatic rings. The van der Waals surface area contributed by atoms with Crippen LogP contribution in [0.5, 0.6) is 0 Å². The summed E-state index contributed by atoms with van der Waals surface area (Å²) in [6, 6.07) is 15.5. The Hall–Kier alpha value is -2.90. The number of nitrogens with one attached hydrogen (secondary N) is 1. The Balaban J connectivity index is 1.51. The second-order valence-electron chi connectivity index (χ2n) is 8.58. The highest BCUT2D eigenvalue weighted by atomic mass is 32.2. The minimum absolute atomic E-state index is 0.0566. The van der Waals surface area contributed by atoms with E-state index in [1.165, 1.54) is 23.1 Å². The summed E-state index contributed by atoms with van der Waals surface area (Å²) in [6.45, 7) is 5.86. The summed E-state index contributed by atoms with van der Waals surface area (Å²) in [5, 5.41) is 5.93. The quantitative estimate of drug-likeness (QED) is 0.272. The molecule has 0 bridgehead atoms. The van der Waals surface area contributed by atoms with Crippen molar-refractivity contribution in [3.8, 4) is 5.69 Å². The zero-order chi connectivity index (χ0) is 23.1. The Morgan fingerprint density at radius 3 is 2.64 bits per heavy atom. The SMILES string of the molecule is Cc1ccc(NC(=O)C(C)Sc2nc3scc(C4CC4)c3c(=O)n2-c2ccccc2)c(C)c1. The number of aromatic nitrogens is 2. The number of amides is 1. The lowest BCUT2D eigenvalue weighted by Crippen LogP contribution is -2.26. The molecule has 0 aliphatic heterocycles. The molecule has 168 valence electrons. The summed E-state index contributed by atoms with van der Waals surface area (Å²) in [6.07, 6.45) is 2.26. The number of hydrogen-bond donors (Lipinski definition) is 1. The average molecular weight is 476 g/mol. The molecule has 1 saturated carbocycles. The highest BCUT2D eigenvalue weighted by Crippen LogP contribution is 2.44. The van der Waals surface area contributed by atoms with Gasteiger partial charge >= 0.3 is 0 Å². The lowest BCUT2D eigenvalue weighted by molar-refractivity contribution is -0.115. The summed E-state index contributed by atoms with van der Waals surface area (Å²) in [4.78, 5) is 32.3. The molecule has 33 heavy (non-hydrogen) atoms. The van der Waals surface area contributed by atoms with Gasteiger partial charge in [0.05, 0.1) is 16.3 Å². The number of para-hydroxylation sites is 1. The van der Waals surface area contributed by atoms with E-state index in [1.54, 1.807) is 4.57 Å². The molecule has 1 fully saturated rings. The first-order valence-corrected chi connectivity index (χ1v) is 12.8. The van der Waals surface area contributed by atoms with Gasteiger partial charge in [-0.05, 0) is 74.2 Å². The molecule has 2 heterocycles. The van der Waals surface area contributed by atoms with Crippen LogP contribution in [-0.4, -0.2) is 20.7 Å². The van der Waals surface area contributed by atoms with E-state index in [2.05, 4.69) is 10.7 Å². The van der Waals surface area contributed by atoms with Crippen LogP contribution in [-0.2, 0) is 4.79 Å². The zero-order valence-corrected chi connectivity index (χ0v) is 20.4. The molecule has 2 aromatic heterocycles. The second-order valence-corrected chi connectivity index (χ2v) is 10.7. The topological polar surface area (TPSA) is 64.0 Å². The van der Waals surface area contributed by atoms with Gasteiger partial charge in [0.25, 0.3) is 5.56 Å². The highest BCUT2D eigenvalue weighted by Gasteiger charge is 2.29. The number of aryl methyl sites for hydroxylation is 2. The Kier molecular flexibility index (Phi) is 5.85. The minimum atomic E-state index is -0.437. The molecule has 0 spiro atoms. The molecule has 7 heteroatoms. The standard InChI is InChI=1S/C26H25N3O2S2/c1-15-9-12-21(16(2)13-15)27-23(30)17(3)33-26-28-24-22(20(14-32-24)18-10-11-18)25(31)29(26)19-7-5-4-6-8-19/h4-9,12-14,17-18H,10-11H2,1-3H3,(H,27,30). The van der Waals surface area contributed by atoms with Gasteiger partial charge in [-0.15, -0.1) is 11.3 Å². The van der Waals surface area contributed by atoms with Gasteiger partial charge in [-0.3, -0.25) is 14.2 Å². The van der Waals surface area contributed by atoms with Crippen molar-refractivity contribution in [3.05, 3.63) is 81.0 Å². The lowest BCUT2D eigenvalue weighted by atomic mass is 10.1. The van der Waals surface area contributed by atoms with Crippen molar-refractivity contribution in [2.45, 2.75) is 49.9 Å². The van der Waals surface area contributed by atoms with E-state index >= 15 is 0 Å². The van der Waals surface area contributed by atoms with Crippen LogP contribution in [0.3, 0.4) is 0 Å². The number of nitrogens with zero attached hydrogens (tertiary/aromatic N) is 2. The maximum absolute atomic E-state index is 13.7. The number of carbonyl (C=O) groups excluding carboxylic acids is 1. The first-order valence-electron chi connectivity index (χ1n) is 11.1. The van der Waals surface area contributed by atoms with Crippen LogP contribution in [0.15, 0.2) is 63.9 Å². The van der Waals surface area contributed by atoms with E-state index < -0.39 is 5.25 Å². The van der Waals surface area contributed by atoms with Gasteiger partial charge in [-0.1, -0.05) is 47.7 Å². The first-order chi connectivity index (χ1) is 15.9. The Bertz CT molecular complexity index is 1400. The normalized spacial score (nSPS) is 14.4. The Labute approximate surface area is 200 Å². The van der Waals surface area contributed by atoms with E-state index in [0.717, 1.165) is 51.1 Å². The fourth-order valence-electron chi connectivity index (χ4n) is 3.97. The van der Waals surface area contributed by atoms with Gasteiger partial charge < -0.3 is 5.32 Å². The van der Waals surface area contributed by atoms with Crippen molar-refractivity contribution in [2.75, 3.05) is 5.32 Å². The van der Waals surface area contributed by atoms with Crippen molar-refractivity contribution in [1.29, 1.82) is 0 Å². The van der Waals surface area contributed by atoms with Crippen molar-refractivity contribution >= 4 is 44.9 Å². The van der Waals surface area contributed by atoms with Crippen LogP contribution in [0.2, 0.25) is 0 Å². The number of thiophene rings is 1. The number of benzene rings is 2. The Morgan fingerprint density at radius 2 is 1.94 bits per heavy atom. The minimum Gasteiger partial charge on any atom is -0.325 e. The molecule has 0 saturated heterocycles. The number of hydrogen-bond acceptors (Lipinski definition) is 5. The molecule has 1 aliphatic carbocycles. The zero-order valence-electron chi connectivity index (χ0n) is 18.8. The maximum atomic E-state index is 13.7. The van der Waals surface area contributed by atoms with E-state index in [1.807, 2.05) is 69.3 Å². The van der Waals surface area contributed by atoms with Crippen molar-refractivity contribution in [1.82, 2.24) is 9.55 Å². The van der Waals surface area contributed by atoms with Crippen LogP contribution >= 0.6 is 23.1 Å². The molecule has 5 rings (SSSR count). The summed E-state index contributed by atoms with van der Waals surface area (Å²) in [5.41, 5.74) is 4.79. The lowest BCUT2D eigenvalue weighted by Gasteiger charge is -2.17. The predicted molar refractivity (Wildman–Crippen MR) is 137 cm³/mol. The number of fused-ring (bicyclic) bond motifs is 1. The summed E-state index contributed by atoms with van der Waals surface area (Å²) in [5.74, 6) is 0.351. The van der Waals surface area contributed by atoms with Crippen LogP contribution in [0.25, 0.3) is 15.9 Å². The fraction of sp³-hybridized carbons (Fsp3) is 0.269. The van der Waals surface area contributed by atoms with Crippen LogP contribution < -0.4 is 10.9 Å². The van der Waals surface area contributed by atoms with Gasteiger partial charge in [-0.2, -0.15) is 0 Å². The molecule has 1 N–H and O–H groups in total. The molecular formula is C26H25N3O2S2. The van der Waals surface area contributed by atoms with E-state index in [0.29, 0.717) is 11.1 Å². The fourth-order valence-corrected chi connectivity index (χ4v) is 5.96. The second kappa shape index (κ2) is 8.80. The molecule has 1 unspecified atom stereocenters. The molecular weight excluding hydrogens is 450 g/mol. The molecule has 2 aromatic carbocycles. The van der Waals surface area contributed by atoms with E-state index in [-0.39, 0.29) is 11.5 Å². The monoisotopic (exact) mass is 475 g/mol. The number of rotatable bonds is 6.